The number of hydrogen-bond donors (Lipinski definition) is 2. The van der Waals surface area contributed by atoms with E-state index in [1.165, 1.54) is 6.07 Å². The minimum Gasteiger partial charge on any atom is -0.399 e. The Morgan fingerprint density at radius 2 is 2.00 bits per heavy atom. The Morgan fingerprint density at radius 3 is 2.65 bits per heavy atom. The minimum absolute atomic E-state index is 0.276. The van der Waals surface area contributed by atoms with Gasteiger partial charge in [-0.15, -0.1) is 0 Å². The Hall–Kier alpha value is -1.74. The van der Waals surface area contributed by atoms with E-state index in [0.29, 0.717) is 10.7 Å². The molecule has 4 heteroatoms. The van der Waals surface area contributed by atoms with Crippen molar-refractivity contribution in [2.45, 2.75) is 6.92 Å². The number of anilines is 3. The highest BCUT2D eigenvalue weighted by molar-refractivity contribution is 6.33. The molecule has 0 aliphatic carbocycles. The van der Waals surface area contributed by atoms with Crippen molar-refractivity contribution in [3.63, 3.8) is 0 Å². The lowest BCUT2D eigenvalue weighted by Gasteiger charge is -2.10. The molecule has 0 amide bonds. The maximum Gasteiger partial charge on any atom is 0.148 e. The molecule has 0 heterocycles. The summed E-state index contributed by atoms with van der Waals surface area (Å²) >= 11 is 5.92. The summed E-state index contributed by atoms with van der Waals surface area (Å²) in [6, 6.07) is 9.96. The monoisotopic (exact) mass is 250 g/mol. The van der Waals surface area contributed by atoms with Gasteiger partial charge in [-0.2, -0.15) is 0 Å². The number of halogens is 2. The fourth-order valence-electron chi connectivity index (χ4n) is 1.52. The Kier molecular flexibility index (Phi) is 3.20. The predicted molar refractivity (Wildman–Crippen MR) is 70.3 cm³/mol. The van der Waals surface area contributed by atoms with Crippen LogP contribution in [-0.2, 0) is 0 Å². The molecule has 0 fully saturated rings. The van der Waals surface area contributed by atoms with E-state index >= 15 is 0 Å². The van der Waals surface area contributed by atoms with Crippen molar-refractivity contribution in [3.05, 3.63) is 52.8 Å². The van der Waals surface area contributed by atoms with E-state index in [2.05, 4.69) is 5.32 Å². The highest BCUT2D eigenvalue weighted by atomic mass is 35.5. The summed E-state index contributed by atoms with van der Waals surface area (Å²) in [5.41, 5.74) is 8.38. The first-order valence-electron chi connectivity index (χ1n) is 5.15. The number of nitrogens with one attached hydrogen (secondary N) is 1. The van der Waals surface area contributed by atoms with Crippen LogP contribution in [-0.4, -0.2) is 0 Å². The molecule has 0 saturated carbocycles. The van der Waals surface area contributed by atoms with E-state index in [1.807, 2.05) is 13.0 Å². The van der Waals surface area contributed by atoms with Crippen molar-refractivity contribution in [1.29, 1.82) is 0 Å². The lowest BCUT2D eigenvalue weighted by molar-refractivity contribution is 0.632. The molecular weight excluding hydrogens is 239 g/mol. The lowest BCUT2D eigenvalue weighted by Crippen LogP contribution is -1.96. The Labute approximate surface area is 104 Å². The summed E-state index contributed by atoms with van der Waals surface area (Å²) in [6.45, 7) is 1.89. The van der Waals surface area contributed by atoms with Gasteiger partial charge in [0.15, 0.2) is 0 Å². The smallest absolute Gasteiger partial charge is 0.148 e. The number of para-hydroxylation sites is 1. The van der Waals surface area contributed by atoms with Crippen LogP contribution in [0.5, 0.6) is 0 Å². The maximum atomic E-state index is 13.5. The van der Waals surface area contributed by atoms with Crippen LogP contribution in [0.15, 0.2) is 36.4 Å². The second-order valence-corrected chi connectivity index (χ2v) is 4.20. The number of nitrogens with two attached hydrogens (primary N) is 1. The van der Waals surface area contributed by atoms with Crippen LogP contribution >= 0.6 is 11.6 Å². The number of benzene rings is 2. The third-order valence-electron chi connectivity index (χ3n) is 2.50. The molecule has 17 heavy (non-hydrogen) atoms. The predicted octanol–water partition coefficient (Wildman–Crippen LogP) is 4.11. The van der Waals surface area contributed by atoms with Gasteiger partial charge in [-0.1, -0.05) is 17.7 Å². The molecule has 0 bridgehead atoms. The van der Waals surface area contributed by atoms with Crippen LogP contribution in [0.2, 0.25) is 5.02 Å². The first kappa shape index (κ1) is 11.7. The Morgan fingerprint density at radius 1 is 1.24 bits per heavy atom. The third kappa shape index (κ3) is 2.50. The molecule has 0 aliphatic heterocycles. The fourth-order valence-corrected chi connectivity index (χ4v) is 1.73. The summed E-state index contributed by atoms with van der Waals surface area (Å²) in [5, 5.41) is 3.29. The molecule has 3 N–H and O–H groups in total. The molecular formula is C13H12ClFN2. The van der Waals surface area contributed by atoms with Crippen LogP contribution in [0.25, 0.3) is 0 Å². The molecule has 0 spiro atoms. The topological polar surface area (TPSA) is 38.0 Å². The molecule has 2 rings (SSSR count). The van der Waals surface area contributed by atoms with Gasteiger partial charge in [0, 0.05) is 11.4 Å². The van der Waals surface area contributed by atoms with E-state index in [-0.39, 0.29) is 11.5 Å². The second-order valence-electron chi connectivity index (χ2n) is 3.79. The maximum absolute atomic E-state index is 13.5. The van der Waals surface area contributed by atoms with Crippen molar-refractivity contribution in [1.82, 2.24) is 0 Å². The fraction of sp³-hybridized carbons (Fsp3) is 0.0769. The molecule has 0 saturated heterocycles. The Bertz CT molecular complexity index is 535. The summed E-state index contributed by atoms with van der Waals surface area (Å²) < 4.78 is 13.5. The van der Waals surface area contributed by atoms with Crippen LogP contribution in [0.3, 0.4) is 0 Å². The number of hydrogen-bond acceptors (Lipinski definition) is 2. The normalized spacial score (nSPS) is 10.3. The van der Waals surface area contributed by atoms with Gasteiger partial charge in [0.05, 0.1) is 10.7 Å². The molecule has 2 nitrogen and oxygen atoms in total. The summed E-state index contributed by atoms with van der Waals surface area (Å²) in [5.74, 6) is -0.382. The molecule has 2 aromatic carbocycles. The van der Waals surface area contributed by atoms with Gasteiger partial charge in [-0.25, -0.2) is 4.39 Å². The average Bonchev–Trinajstić information content (AvgIpc) is 2.28. The van der Waals surface area contributed by atoms with Crippen molar-refractivity contribution < 1.29 is 4.39 Å². The standard InChI is InChI=1S/C13H12ClFN2/c1-8-7-9(5-6-12(8)16)17-13-10(14)3-2-4-11(13)15/h2-7,17H,16H2,1H3. The highest BCUT2D eigenvalue weighted by Gasteiger charge is 2.07. The summed E-state index contributed by atoms with van der Waals surface area (Å²) in [7, 11) is 0. The van der Waals surface area contributed by atoms with Crippen molar-refractivity contribution in [3.8, 4) is 0 Å². The zero-order valence-corrected chi connectivity index (χ0v) is 10.1. The largest absolute Gasteiger partial charge is 0.399 e. The van der Waals surface area contributed by atoms with E-state index < -0.39 is 0 Å². The van der Waals surface area contributed by atoms with E-state index in [1.54, 1.807) is 24.3 Å². The van der Waals surface area contributed by atoms with Gasteiger partial charge < -0.3 is 11.1 Å². The first-order valence-corrected chi connectivity index (χ1v) is 5.53. The third-order valence-corrected chi connectivity index (χ3v) is 2.82. The van der Waals surface area contributed by atoms with Crippen LogP contribution in [0.4, 0.5) is 21.5 Å². The second kappa shape index (κ2) is 4.63. The number of aryl methyl sites for hydroxylation is 1. The van der Waals surface area contributed by atoms with Gasteiger partial charge in [0.1, 0.15) is 5.82 Å². The van der Waals surface area contributed by atoms with E-state index in [0.717, 1.165) is 11.3 Å². The first-order chi connectivity index (χ1) is 8.08. The van der Waals surface area contributed by atoms with Crippen LogP contribution < -0.4 is 11.1 Å². The van der Waals surface area contributed by atoms with Gasteiger partial charge in [-0.05, 0) is 42.8 Å². The molecule has 2 aromatic rings. The lowest BCUT2D eigenvalue weighted by atomic mass is 10.2. The zero-order valence-electron chi connectivity index (χ0n) is 9.30. The van der Waals surface area contributed by atoms with Crippen LogP contribution in [0, 0.1) is 12.7 Å². The zero-order chi connectivity index (χ0) is 12.4. The van der Waals surface area contributed by atoms with E-state index in [4.69, 9.17) is 17.3 Å². The Balaban J connectivity index is 2.35. The van der Waals surface area contributed by atoms with Gasteiger partial charge in [-0.3, -0.25) is 0 Å². The van der Waals surface area contributed by atoms with E-state index in [9.17, 15) is 4.39 Å². The quantitative estimate of drug-likeness (QED) is 0.787. The molecule has 0 atom stereocenters. The number of rotatable bonds is 2. The molecule has 0 unspecified atom stereocenters. The number of nitrogen functional groups attached to an aromatic ring is 1. The van der Waals surface area contributed by atoms with Crippen molar-refractivity contribution in [2.24, 2.45) is 0 Å². The average molecular weight is 251 g/mol. The van der Waals surface area contributed by atoms with Crippen molar-refractivity contribution in [2.75, 3.05) is 11.1 Å². The van der Waals surface area contributed by atoms with Crippen LogP contribution in [0.1, 0.15) is 5.56 Å². The minimum atomic E-state index is -0.382. The SMILES string of the molecule is Cc1cc(Nc2c(F)cccc2Cl)ccc1N. The molecule has 0 aromatic heterocycles. The summed E-state index contributed by atoms with van der Waals surface area (Å²) in [4.78, 5) is 0. The summed E-state index contributed by atoms with van der Waals surface area (Å²) in [6.07, 6.45) is 0. The van der Waals surface area contributed by atoms with Gasteiger partial charge in [0.2, 0.25) is 0 Å². The highest BCUT2D eigenvalue weighted by Crippen LogP contribution is 2.29. The molecule has 0 aliphatic rings. The van der Waals surface area contributed by atoms with Gasteiger partial charge >= 0.3 is 0 Å². The van der Waals surface area contributed by atoms with Crippen molar-refractivity contribution >= 4 is 28.7 Å². The van der Waals surface area contributed by atoms with Gasteiger partial charge in [0.25, 0.3) is 0 Å². The molecule has 0 radical (unpaired) electrons. The molecule has 88 valence electrons.